The Morgan fingerprint density at radius 3 is 2.34 bits per heavy atom. The highest BCUT2D eigenvalue weighted by molar-refractivity contribution is 5.81. The number of benzene rings is 1. The number of hydrogen-bond acceptors (Lipinski definition) is 7. The second-order valence-electron chi connectivity index (χ2n) is 8.72. The van der Waals surface area contributed by atoms with E-state index in [1.54, 1.807) is 12.4 Å². The van der Waals surface area contributed by atoms with Crippen LogP contribution in [0.5, 0.6) is 5.75 Å². The summed E-state index contributed by atoms with van der Waals surface area (Å²) in [6.45, 7) is 14.0. The van der Waals surface area contributed by atoms with Crippen LogP contribution in [0.3, 0.4) is 0 Å². The second-order valence-corrected chi connectivity index (χ2v) is 8.72. The van der Waals surface area contributed by atoms with E-state index in [1.807, 2.05) is 25.6 Å². The smallest absolute Gasteiger partial charge is 0.226 e. The molecule has 0 N–H and O–H groups in total. The van der Waals surface area contributed by atoms with Crippen molar-refractivity contribution in [1.82, 2.24) is 24.7 Å². The zero-order valence-corrected chi connectivity index (χ0v) is 21.6. The van der Waals surface area contributed by atoms with E-state index in [1.165, 1.54) is 11.1 Å². The Bertz CT molecular complexity index is 1280. The van der Waals surface area contributed by atoms with Gasteiger partial charge in [0.25, 0.3) is 0 Å². The maximum Gasteiger partial charge on any atom is 0.226 e. The molecule has 0 amide bonds. The van der Waals surface area contributed by atoms with Gasteiger partial charge in [0.2, 0.25) is 5.95 Å². The molecule has 184 valence electrons. The summed E-state index contributed by atoms with van der Waals surface area (Å²) in [5.41, 5.74) is 5.44. The standard InChI is InChI=1S/C27H35N7O/c1-7-33(8-2)25-22(14-24-20(5)31-32(6)26(24)30-25)18-34(17-21-12-10-11-19(4)13-21)27-28-15-23(16-29-27)35-9-3/h10-16H,7-9,17-18H2,1-6H3. The molecule has 0 saturated heterocycles. The average molecular weight is 474 g/mol. The molecule has 0 aliphatic heterocycles. The zero-order chi connectivity index (χ0) is 24.9. The van der Waals surface area contributed by atoms with Crippen LogP contribution < -0.4 is 14.5 Å². The van der Waals surface area contributed by atoms with Crippen LogP contribution in [0.2, 0.25) is 0 Å². The molecule has 0 radical (unpaired) electrons. The molecule has 4 rings (SSSR count). The SMILES string of the molecule is CCOc1cnc(N(Cc2cccc(C)c2)Cc2cc3c(C)nn(C)c3nc2N(CC)CC)nc1. The van der Waals surface area contributed by atoms with Crippen LogP contribution in [0.1, 0.15) is 43.2 Å². The van der Waals surface area contributed by atoms with Gasteiger partial charge < -0.3 is 14.5 Å². The fourth-order valence-electron chi connectivity index (χ4n) is 4.44. The third-order valence-corrected chi connectivity index (χ3v) is 6.14. The van der Waals surface area contributed by atoms with Gasteiger partial charge in [-0.3, -0.25) is 4.68 Å². The summed E-state index contributed by atoms with van der Waals surface area (Å²) in [6, 6.07) is 10.8. The Morgan fingerprint density at radius 2 is 1.69 bits per heavy atom. The number of fused-ring (bicyclic) bond motifs is 1. The highest BCUT2D eigenvalue weighted by atomic mass is 16.5. The molecule has 4 aromatic rings. The van der Waals surface area contributed by atoms with E-state index in [0.717, 1.165) is 41.2 Å². The summed E-state index contributed by atoms with van der Waals surface area (Å²) in [7, 11) is 1.95. The predicted molar refractivity (Wildman–Crippen MR) is 141 cm³/mol. The fourth-order valence-corrected chi connectivity index (χ4v) is 4.44. The van der Waals surface area contributed by atoms with Gasteiger partial charge in [0, 0.05) is 44.2 Å². The monoisotopic (exact) mass is 473 g/mol. The van der Waals surface area contributed by atoms with E-state index in [4.69, 9.17) is 9.72 Å². The summed E-state index contributed by atoms with van der Waals surface area (Å²) < 4.78 is 7.43. The molecule has 0 aliphatic rings. The van der Waals surface area contributed by atoms with Crippen LogP contribution in [0.4, 0.5) is 11.8 Å². The minimum absolute atomic E-state index is 0.582. The quantitative estimate of drug-likeness (QED) is 0.327. The van der Waals surface area contributed by atoms with Crippen LogP contribution >= 0.6 is 0 Å². The van der Waals surface area contributed by atoms with Crippen molar-refractivity contribution in [2.45, 2.75) is 47.7 Å². The Morgan fingerprint density at radius 1 is 0.943 bits per heavy atom. The van der Waals surface area contributed by atoms with Gasteiger partial charge in [-0.05, 0) is 46.2 Å². The first-order valence-corrected chi connectivity index (χ1v) is 12.3. The van der Waals surface area contributed by atoms with Crippen molar-refractivity contribution >= 4 is 22.8 Å². The normalized spacial score (nSPS) is 11.1. The van der Waals surface area contributed by atoms with E-state index in [9.17, 15) is 0 Å². The predicted octanol–water partition coefficient (Wildman–Crippen LogP) is 4.83. The molecule has 0 aliphatic carbocycles. The molecule has 35 heavy (non-hydrogen) atoms. The van der Waals surface area contributed by atoms with E-state index in [0.29, 0.717) is 31.4 Å². The van der Waals surface area contributed by atoms with Crippen LogP contribution in [-0.2, 0) is 20.1 Å². The number of nitrogens with zero attached hydrogens (tertiary/aromatic N) is 7. The lowest BCUT2D eigenvalue weighted by Crippen LogP contribution is -2.29. The molecular weight excluding hydrogens is 438 g/mol. The summed E-state index contributed by atoms with van der Waals surface area (Å²) in [4.78, 5) is 18.9. The first-order valence-electron chi connectivity index (χ1n) is 12.3. The van der Waals surface area contributed by atoms with E-state index in [2.05, 4.69) is 76.0 Å². The van der Waals surface area contributed by atoms with Gasteiger partial charge in [-0.2, -0.15) is 5.10 Å². The molecule has 8 nitrogen and oxygen atoms in total. The molecule has 0 fully saturated rings. The number of rotatable bonds is 10. The lowest BCUT2D eigenvalue weighted by atomic mass is 10.1. The zero-order valence-electron chi connectivity index (χ0n) is 21.6. The third kappa shape index (κ3) is 5.37. The highest BCUT2D eigenvalue weighted by Crippen LogP contribution is 2.28. The molecule has 1 aromatic carbocycles. The van der Waals surface area contributed by atoms with Gasteiger partial charge in [0.15, 0.2) is 11.4 Å². The molecule has 0 spiro atoms. The Balaban J connectivity index is 1.79. The summed E-state index contributed by atoms with van der Waals surface area (Å²) in [5.74, 6) is 2.30. The number of ether oxygens (including phenoxy) is 1. The average Bonchev–Trinajstić information content (AvgIpc) is 3.12. The van der Waals surface area contributed by atoms with E-state index >= 15 is 0 Å². The largest absolute Gasteiger partial charge is 0.491 e. The van der Waals surface area contributed by atoms with Crippen LogP contribution in [0.15, 0.2) is 42.7 Å². The Kier molecular flexibility index (Phi) is 7.48. The summed E-state index contributed by atoms with van der Waals surface area (Å²) >= 11 is 0. The van der Waals surface area contributed by atoms with Gasteiger partial charge in [-0.15, -0.1) is 0 Å². The van der Waals surface area contributed by atoms with Crippen LogP contribution in [0.25, 0.3) is 11.0 Å². The van der Waals surface area contributed by atoms with Crippen LogP contribution in [0, 0.1) is 13.8 Å². The molecule has 0 atom stereocenters. The summed E-state index contributed by atoms with van der Waals surface area (Å²) in [5, 5.41) is 5.68. The van der Waals surface area contributed by atoms with Gasteiger partial charge in [0.1, 0.15) is 5.82 Å². The number of aromatic nitrogens is 5. The maximum atomic E-state index is 5.57. The van der Waals surface area contributed by atoms with Crippen molar-refractivity contribution in [3.8, 4) is 5.75 Å². The number of pyridine rings is 1. The fraction of sp³-hybridized carbons (Fsp3) is 0.407. The minimum atomic E-state index is 0.582. The Hall–Kier alpha value is -3.68. The van der Waals surface area contributed by atoms with E-state index in [-0.39, 0.29) is 0 Å². The van der Waals surface area contributed by atoms with Gasteiger partial charge in [-0.1, -0.05) is 29.8 Å². The molecule has 3 heterocycles. The molecular formula is C27H35N7O. The van der Waals surface area contributed by atoms with Gasteiger partial charge in [0.05, 0.1) is 24.7 Å². The maximum absolute atomic E-state index is 5.57. The second kappa shape index (κ2) is 10.7. The third-order valence-electron chi connectivity index (χ3n) is 6.14. The van der Waals surface area contributed by atoms with E-state index < -0.39 is 0 Å². The highest BCUT2D eigenvalue weighted by Gasteiger charge is 2.20. The van der Waals surface area contributed by atoms with Gasteiger partial charge >= 0.3 is 0 Å². The van der Waals surface area contributed by atoms with Crippen LogP contribution in [-0.4, -0.2) is 44.4 Å². The van der Waals surface area contributed by atoms with Crippen molar-refractivity contribution in [3.05, 3.63) is 65.1 Å². The molecule has 3 aromatic heterocycles. The number of aryl methyl sites for hydroxylation is 3. The first-order chi connectivity index (χ1) is 16.9. The van der Waals surface area contributed by atoms with Crippen molar-refractivity contribution < 1.29 is 4.74 Å². The lowest BCUT2D eigenvalue weighted by Gasteiger charge is -2.27. The van der Waals surface area contributed by atoms with Gasteiger partial charge in [-0.25, -0.2) is 15.0 Å². The molecule has 0 bridgehead atoms. The molecule has 0 saturated carbocycles. The lowest BCUT2D eigenvalue weighted by molar-refractivity contribution is 0.337. The number of hydrogen-bond donors (Lipinski definition) is 0. The van der Waals surface area contributed by atoms with Crippen molar-refractivity contribution in [2.24, 2.45) is 7.05 Å². The topological polar surface area (TPSA) is 72.2 Å². The summed E-state index contributed by atoms with van der Waals surface area (Å²) in [6.07, 6.45) is 3.49. The molecule has 8 heteroatoms. The van der Waals surface area contributed by atoms with Crippen molar-refractivity contribution in [1.29, 1.82) is 0 Å². The number of anilines is 2. The first kappa shape index (κ1) is 24.4. The molecule has 0 unspecified atom stereocenters. The Labute approximate surface area is 207 Å². The van der Waals surface area contributed by atoms with Crippen molar-refractivity contribution in [2.75, 3.05) is 29.5 Å². The van der Waals surface area contributed by atoms with Crippen molar-refractivity contribution in [3.63, 3.8) is 0 Å². The minimum Gasteiger partial charge on any atom is -0.491 e.